The van der Waals surface area contributed by atoms with Crippen LogP contribution in [0, 0.1) is 11.6 Å². The quantitative estimate of drug-likeness (QED) is 0.876. The third kappa shape index (κ3) is 2.25. The van der Waals surface area contributed by atoms with Crippen LogP contribution in [0.5, 0.6) is 0 Å². The zero-order valence-electron chi connectivity index (χ0n) is 9.01. The second kappa shape index (κ2) is 4.98. The number of hydrogen-bond donors (Lipinski definition) is 1. The highest BCUT2D eigenvalue weighted by Crippen LogP contribution is 2.30. The zero-order valence-corrected chi connectivity index (χ0v) is 10.6. The lowest BCUT2D eigenvalue weighted by Gasteiger charge is -2.17. The minimum atomic E-state index is -0.606. The summed E-state index contributed by atoms with van der Waals surface area (Å²) >= 11 is 3.05. The molecule has 0 amide bonds. The average Bonchev–Trinajstić information content (AvgIpc) is 2.83. The second-order valence-corrected chi connectivity index (χ2v) is 4.39. The van der Waals surface area contributed by atoms with Crippen LogP contribution in [0.25, 0.3) is 0 Å². The fraction of sp³-hybridized carbons (Fsp3) is 0.167. The first-order valence-electron chi connectivity index (χ1n) is 4.98. The first-order valence-corrected chi connectivity index (χ1v) is 5.77. The Morgan fingerprint density at radius 2 is 2.06 bits per heavy atom. The average molecular weight is 302 g/mol. The molecule has 2 nitrogen and oxygen atoms in total. The zero-order chi connectivity index (χ0) is 12.4. The Labute approximate surface area is 106 Å². The molecule has 90 valence electrons. The van der Waals surface area contributed by atoms with Crippen molar-refractivity contribution in [3.63, 3.8) is 0 Å². The van der Waals surface area contributed by atoms with E-state index in [1.54, 1.807) is 13.1 Å². The summed E-state index contributed by atoms with van der Waals surface area (Å²) in [6, 6.07) is 3.66. The molecule has 0 saturated carbocycles. The lowest BCUT2D eigenvalue weighted by molar-refractivity contribution is 0.512. The highest BCUT2D eigenvalue weighted by molar-refractivity contribution is 9.10. The van der Waals surface area contributed by atoms with E-state index in [1.165, 1.54) is 24.7 Å². The summed E-state index contributed by atoms with van der Waals surface area (Å²) < 4.78 is 32.8. The van der Waals surface area contributed by atoms with Crippen molar-refractivity contribution in [3.05, 3.63) is 58.0 Å². The lowest BCUT2D eigenvalue weighted by Crippen LogP contribution is -2.20. The van der Waals surface area contributed by atoms with Crippen molar-refractivity contribution in [1.82, 2.24) is 5.32 Å². The van der Waals surface area contributed by atoms with E-state index in [1.807, 2.05) is 0 Å². The van der Waals surface area contributed by atoms with Crippen LogP contribution in [0.4, 0.5) is 8.78 Å². The van der Waals surface area contributed by atoms with Gasteiger partial charge in [-0.3, -0.25) is 0 Å². The molecule has 1 unspecified atom stereocenters. The van der Waals surface area contributed by atoms with E-state index in [4.69, 9.17) is 4.42 Å². The van der Waals surface area contributed by atoms with Gasteiger partial charge < -0.3 is 9.73 Å². The lowest BCUT2D eigenvalue weighted by atomic mass is 10.0. The Morgan fingerprint density at radius 3 is 2.65 bits per heavy atom. The molecule has 2 aromatic rings. The summed E-state index contributed by atoms with van der Waals surface area (Å²) in [7, 11) is 1.64. The van der Waals surface area contributed by atoms with Crippen LogP contribution in [0.15, 0.2) is 39.6 Å². The standard InChI is InChI=1S/C12H10BrF2NO/c1-16-12(7-4-5-17-6-7)10-9(14)3-2-8(13)11(10)15/h2-6,12,16H,1H3. The van der Waals surface area contributed by atoms with Gasteiger partial charge in [0.1, 0.15) is 11.6 Å². The van der Waals surface area contributed by atoms with E-state index in [0.717, 1.165) is 0 Å². The van der Waals surface area contributed by atoms with Gasteiger partial charge >= 0.3 is 0 Å². The number of halogens is 3. The molecule has 0 aliphatic rings. The molecule has 0 saturated heterocycles. The predicted molar refractivity (Wildman–Crippen MR) is 63.7 cm³/mol. The minimum absolute atomic E-state index is 0.0247. The van der Waals surface area contributed by atoms with Crippen LogP contribution in [0.2, 0.25) is 0 Å². The van der Waals surface area contributed by atoms with E-state index in [0.29, 0.717) is 5.56 Å². The summed E-state index contributed by atoms with van der Waals surface area (Å²) in [6.45, 7) is 0. The Balaban J connectivity index is 2.55. The first kappa shape index (κ1) is 12.3. The topological polar surface area (TPSA) is 25.2 Å². The fourth-order valence-electron chi connectivity index (χ4n) is 1.72. The number of nitrogens with one attached hydrogen (secondary N) is 1. The van der Waals surface area contributed by atoms with Crippen molar-refractivity contribution >= 4 is 15.9 Å². The summed E-state index contributed by atoms with van der Waals surface area (Å²) in [6.07, 6.45) is 2.93. The summed E-state index contributed by atoms with van der Waals surface area (Å²) in [5.41, 5.74) is 0.645. The van der Waals surface area contributed by atoms with Crippen molar-refractivity contribution < 1.29 is 13.2 Å². The Kier molecular flexibility index (Phi) is 3.59. The maximum atomic E-state index is 13.9. The fourth-order valence-corrected chi connectivity index (χ4v) is 2.07. The number of furan rings is 1. The van der Waals surface area contributed by atoms with E-state index in [-0.39, 0.29) is 10.0 Å². The Bertz CT molecular complexity index is 513. The van der Waals surface area contributed by atoms with E-state index >= 15 is 0 Å². The van der Waals surface area contributed by atoms with Crippen molar-refractivity contribution in [2.24, 2.45) is 0 Å². The molecule has 1 heterocycles. The molecule has 0 aliphatic carbocycles. The minimum Gasteiger partial charge on any atom is -0.472 e. The van der Waals surface area contributed by atoms with Crippen molar-refractivity contribution in [2.75, 3.05) is 7.05 Å². The molecule has 1 aromatic carbocycles. The van der Waals surface area contributed by atoms with Crippen LogP contribution in [-0.2, 0) is 0 Å². The van der Waals surface area contributed by atoms with E-state index in [2.05, 4.69) is 21.2 Å². The van der Waals surface area contributed by atoms with Gasteiger partial charge in [0.2, 0.25) is 0 Å². The van der Waals surface area contributed by atoms with Crippen LogP contribution >= 0.6 is 15.9 Å². The normalized spacial score (nSPS) is 12.7. The summed E-state index contributed by atoms with van der Waals surface area (Å²) in [5, 5.41) is 2.87. The van der Waals surface area contributed by atoms with Gasteiger partial charge in [0, 0.05) is 11.1 Å². The molecular weight excluding hydrogens is 292 g/mol. The van der Waals surface area contributed by atoms with Gasteiger partial charge in [-0.2, -0.15) is 0 Å². The predicted octanol–water partition coefficient (Wildman–Crippen LogP) is 3.63. The molecule has 0 spiro atoms. The highest BCUT2D eigenvalue weighted by Gasteiger charge is 2.22. The molecule has 0 radical (unpaired) electrons. The van der Waals surface area contributed by atoms with Gasteiger partial charge in [0.15, 0.2) is 0 Å². The third-order valence-electron chi connectivity index (χ3n) is 2.53. The maximum absolute atomic E-state index is 13.9. The van der Waals surface area contributed by atoms with Crippen LogP contribution in [-0.4, -0.2) is 7.05 Å². The molecule has 1 atom stereocenters. The monoisotopic (exact) mass is 301 g/mol. The molecule has 5 heteroatoms. The number of hydrogen-bond acceptors (Lipinski definition) is 2. The van der Waals surface area contributed by atoms with Crippen molar-refractivity contribution in [2.45, 2.75) is 6.04 Å². The van der Waals surface area contributed by atoms with Crippen molar-refractivity contribution in [3.8, 4) is 0 Å². The molecule has 1 N–H and O–H groups in total. The van der Waals surface area contributed by atoms with Crippen LogP contribution in [0.1, 0.15) is 17.2 Å². The largest absolute Gasteiger partial charge is 0.472 e. The van der Waals surface area contributed by atoms with Gasteiger partial charge in [-0.25, -0.2) is 8.78 Å². The van der Waals surface area contributed by atoms with Gasteiger partial charge in [-0.1, -0.05) is 0 Å². The third-order valence-corrected chi connectivity index (χ3v) is 3.15. The van der Waals surface area contributed by atoms with Crippen LogP contribution in [0.3, 0.4) is 0 Å². The first-order chi connectivity index (χ1) is 8.15. The van der Waals surface area contributed by atoms with Crippen LogP contribution < -0.4 is 5.32 Å². The summed E-state index contributed by atoms with van der Waals surface area (Å²) in [5.74, 6) is -1.20. The highest BCUT2D eigenvalue weighted by atomic mass is 79.9. The molecular formula is C12H10BrF2NO. The Morgan fingerprint density at radius 1 is 1.29 bits per heavy atom. The molecule has 17 heavy (non-hydrogen) atoms. The molecule has 0 bridgehead atoms. The van der Waals surface area contributed by atoms with Gasteiger partial charge in [0.25, 0.3) is 0 Å². The molecule has 2 rings (SSSR count). The number of benzene rings is 1. The van der Waals surface area contributed by atoms with Crippen molar-refractivity contribution in [1.29, 1.82) is 0 Å². The summed E-state index contributed by atoms with van der Waals surface area (Å²) in [4.78, 5) is 0. The molecule has 1 aromatic heterocycles. The smallest absolute Gasteiger partial charge is 0.145 e. The van der Waals surface area contributed by atoms with E-state index < -0.39 is 17.7 Å². The SMILES string of the molecule is CNC(c1ccoc1)c1c(F)ccc(Br)c1F. The maximum Gasteiger partial charge on any atom is 0.145 e. The van der Waals surface area contributed by atoms with E-state index in [9.17, 15) is 8.78 Å². The Hall–Kier alpha value is -1.20. The molecule has 0 aliphatic heterocycles. The van der Waals surface area contributed by atoms with Gasteiger partial charge in [0.05, 0.1) is 23.0 Å². The number of rotatable bonds is 3. The van der Waals surface area contributed by atoms with Gasteiger partial charge in [-0.05, 0) is 41.2 Å². The van der Waals surface area contributed by atoms with Gasteiger partial charge in [-0.15, -0.1) is 0 Å². The second-order valence-electron chi connectivity index (χ2n) is 3.54. The molecule has 0 fully saturated rings.